The van der Waals surface area contributed by atoms with Gasteiger partial charge in [0.15, 0.2) is 0 Å². The first-order valence-electron chi connectivity index (χ1n) is 8.49. The molecule has 1 aromatic heterocycles. The van der Waals surface area contributed by atoms with E-state index in [9.17, 15) is 10.2 Å². The van der Waals surface area contributed by atoms with Crippen LogP contribution in [0.3, 0.4) is 0 Å². The molecule has 0 bridgehead atoms. The smallest absolute Gasteiger partial charge is 0.118 e. The summed E-state index contributed by atoms with van der Waals surface area (Å²) in [5.41, 5.74) is 3.57. The van der Waals surface area contributed by atoms with Crippen LogP contribution < -0.4 is 0 Å². The third kappa shape index (κ3) is 1.74. The van der Waals surface area contributed by atoms with Crippen molar-refractivity contribution in [2.45, 2.75) is 24.4 Å². The second-order valence-corrected chi connectivity index (χ2v) is 6.93. The van der Waals surface area contributed by atoms with Crippen molar-refractivity contribution in [1.29, 1.82) is 0 Å². The van der Waals surface area contributed by atoms with E-state index in [0.717, 1.165) is 38.3 Å². The van der Waals surface area contributed by atoms with Gasteiger partial charge in [0, 0.05) is 10.8 Å². The number of rotatable bonds is 0. The zero-order valence-electron chi connectivity index (χ0n) is 13.3. The fraction of sp³-hybridized carbons (Fsp3) is 0.190. The second-order valence-electron chi connectivity index (χ2n) is 6.93. The Morgan fingerprint density at radius 3 is 2.56 bits per heavy atom. The molecule has 1 saturated heterocycles. The van der Waals surface area contributed by atoms with Gasteiger partial charge in [-0.2, -0.15) is 0 Å². The van der Waals surface area contributed by atoms with Gasteiger partial charge in [0.05, 0.1) is 11.0 Å². The average molecular weight is 329 g/mol. The summed E-state index contributed by atoms with van der Waals surface area (Å²) in [5, 5.41) is 25.0. The van der Waals surface area contributed by atoms with E-state index in [2.05, 4.69) is 24.3 Å². The zero-order valence-corrected chi connectivity index (χ0v) is 13.3. The number of aromatic nitrogens is 1. The molecule has 6 rings (SSSR count). The van der Waals surface area contributed by atoms with Gasteiger partial charge in [0.1, 0.15) is 24.4 Å². The Hall–Kier alpha value is -2.53. The number of pyridine rings is 1. The SMILES string of the molecule is O[C@@H]1[C@@H]2O[C@@H]2c2c(ccc3nc4ccc5ccccc5c4cc23)[C@H]1O. The molecule has 2 aliphatic rings. The van der Waals surface area contributed by atoms with Crippen LogP contribution >= 0.6 is 0 Å². The van der Waals surface area contributed by atoms with E-state index in [0.29, 0.717) is 0 Å². The molecule has 0 amide bonds. The molecule has 4 nitrogen and oxygen atoms in total. The number of hydrogen-bond donors (Lipinski definition) is 2. The summed E-state index contributed by atoms with van der Waals surface area (Å²) in [6, 6.07) is 18.3. The van der Waals surface area contributed by atoms with Crippen molar-refractivity contribution in [3.05, 3.63) is 65.7 Å². The monoisotopic (exact) mass is 329 g/mol. The Morgan fingerprint density at radius 1 is 0.840 bits per heavy atom. The van der Waals surface area contributed by atoms with Gasteiger partial charge in [-0.15, -0.1) is 0 Å². The summed E-state index contributed by atoms with van der Waals surface area (Å²) in [6.07, 6.45) is -2.22. The molecule has 2 heterocycles. The molecule has 1 fully saturated rings. The summed E-state index contributed by atoms with van der Waals surface area (Å²) >= 11 is 0. The molecule has 0 unspecified atom stereocenters. The Kier molecular flexibility index (Phi) is 2.50. The van der Waals surface area contributed by atoms with E-state index < -0.39 is 12.2 Å². The molecule has 25 heavy (non-hydrogen) atoms. The second kappa shape index (κ2) is 4.55. The summed E-state index contributed by atoms with van der Waals surface area (Å²) in [4.78, 5) is 4.83. The van der Waals surface area contributed by atoms with Gasteiger partial charge in [-0.1, -0.05) is 36.4 Å². The fourth-order valence-electron chi connectivity index (χ4n) is 4.25. The van der Waals surface area contributed by atoms with Gasteiger partial charge >= 0.3 is 0 Å². The lowest BCUT2D eigenvalue weighted by molar-refractivity contribution is 0.000104. The maximum atomic E-state index is 10.4. The Balaban J connectivity index is 1.75. The van der Waals surface area contributed by atoms with Gasteiger partial charge < -0.3 is 14.9 Å². The van der Waals surface area contributed by atoms with Crippen LogP contribution in [0.25, 0.3) is 32.6 Å². The number of aliphatic hydroxyl groups is 2. The summed E-state index contributed by atoms with van der Waals surface area (Å²) in [7, 11) is 0. The molecule has 0 spiro atoms. The number of ether oxygens (including phenoxy) is 1. The van der Waals surface area contributed by atoms with Crippen molar-refractivity contribution in [2.75, 3.05) is 0 Å². The van der Waals surface area contributed by atoms with Crippen LogP contribution in [-0.2, 0) is 4.74 Å². The van der Waals surface area contributed by atoms with Crippen LogP contribution in [0.4, 0.5) is 0 Å². The van der Waals surface area contributed by atoms with Crippen molar-refractivity contribution in [2.24, 2.45) is 0 Å². The van der Waals surface area contributed by atoms with Crippen molar-refractivity contribution < 1.29 is 14.9 Å². The summed E-state index contributed by atoms with van der Waals surface area (Å²) in [5.74, 6) is 0. The van der Waals surface area contributed by atoms with Crippen molar-refractivity contribution in [1.82, 2.24) is 4.98 Å². The third-order valence-electron chi connectivity index (χ3n) is 5.56. The van der Waals surface area contributed by atoms with Crippen LogP contribution in [0.15, 0.2) is 54.6 Å². The van der Waals surface area contributed by atoms with Crippen LogP contribution in [0.5, 0.6) is 0 Å². The lowest BCUT2D eigenvalue weighted by atomic mass is 9.85. The maximum absolute atomic E-state index is 10.4. The Labute approximate surface area is 143 Å². The van der Waals surface area contributed by atoms with Gasteiger partial charge in [0.2, 0.25) is 0 Å². The third-order valence-corrected chi connectivity index (χ3v) is 5.56. The Bertz CT molecular complexity index is 1190. The number of fused-ring (bicyclic) bond motifs is 8. The predicted molar refractivity (Wildman–Crippen MR) is 95.3 cm³/mol. The van der Waals surface area contributed by atoms with E-state index in [1.807, 2.05) is 30.3 Å². The first-order chi connectivity index (χ1) is 12.2. The topological polar surface area (TPSA) is 65.9 Å². The van der Waals surface area contributed by atoms with Crippen molar-refractivity contribution in [3.8, 4) is 0 Å². The molecule has 4 atom stereocenters. The molecule has 3 aromatic carbocycles. The average Bonchev–Trinajstić information content (AvgIpc) is 3.44. The molecule has 1 aliphatic carbocycles. The molecule has 122 valence electrons. The minimum atomic E-state index is -0.911. The molecule has 4 heteroatoms. The van der Waals surface area contributed by atoms with Crippen LogP contribution in [0.2, 0.25) is 0 Å². The molecule has 4 aromatic rings. The van der Waals surface area contributed by atoms with E-state index in [1.54, 1.807) is 0 Å². The quantitative estimate of drug-likeness (QED) is 0.295. The van der Waals surface area contributed by atoms with Gasteiger partial charge in [-0.25, -0.2) is 4.98 Å². The lowest BCUT2D eigenvalue weighted by Crippen LogP contribution is -2.29. The molecule has 2 N–H and O–H groups in total. The highest BCUT2D eigenvalue weighted by Gasteiger charge is 2.54. The van der Waals surface area contributed by atoms with E-state index in [1.165, 1.54) is 5.39 Å². The van der Waals surface area contributed by atoms with Crippen molar-refractivity contribution >= 4 is 32.6 Å². The summed E-state index contributed by atoms with van der Waals surface area (Å²) in [6.45, 7) is 0. The standard InChI is InChI=1S/C21H15NO3/c23-18-12-6-8-16-14(17(12)20-21(25-20)19(18)24)9-13-11-4-2-1-3-10(11)5-7-15(13)22-16/h1-9,18-21,23-24H/t18-,19+,20-,21+/m1/s1. The minimum Gasteiger partial charge on any atom is -0.387 e. The Morgan fingerprint density at radius 2 is 1.64 bits per heavy atom. The van der Waals surface area contributed by atoms with Gasteiger partial charge in [-0.3, -0.25) is 0 Å². The maximum Gasteiger partial charge on any atom is 0.118 e. The molecular weight excluding hydrogens is 314 g/mol. The molecule has 0 radical (unpaired) electrons. The molecule has 0 saturated carbocycles. The van der Waals surface area contributed by atoms with E-state index in [4.69, 9.17) is 9.72 Å². The number of aliphatic hydroxyl groups excluding tert-OH is 2. The zero-order chi connectivity index (χ0) is 16.7. The fourth-order valence-corrected chi connectivity index (χ4v) is 4.25. The number of epoxide rings is 1. The number of benzene rings is 3. The first kappa shape index (κ1) is 13.7. The normalized spacial score (nSPS) is 27.4. The number of nitrogens with zero attached hydrogens (tertiary/aromatic N) is 1. The van der Waals surface area contributed by atoms with Crippen LogP contribution in [0.1, 0.15) is 23.3 Å². The van der Waals surface area contributed by atoms with Crippen LogP contribution in [-0.4, -0.2) is 27.4 Å². The van der Waals surface area contributed by atoms with Gasteiger partial charge in [0.25, 0.3) is 0 Å². The summed E-state index contributed by atoms with van der Waals surface area (Å²) < 4.78 is 5.66. The highest BCUT2D eigenvalue weighted by molar-refractivity contribution is 6.10. The van der Waals surface area contributed by atoms with Gasteiger partial charge in [-0.05, 0) is 40.1 Å². The lowest BCUT2D eigenvalue weighted by Gasteiger charge is -2.24. The predicted octanol–water partition coefficient (Wildman–Crippen LogP) is 3.39. The van der Waals surface area contributed by atoms with Crippen LogP contribution in [0, 0.1) is 0 Å². The highest BCUT2D eigenvalue weighted by atomic mass is 16.6. The highest BCUT2D eigenvalue weighted by Crippen LogP contribution is 2.53. The first-order valence-corrected chi connectivity index (χ1v) is 8.49. The van der Waals surface area contributed by atoms with E-state index >= 15 is 0 Å². The minimum absolute atomic E-state index is 0.147. The van der Waals surface area contributed by atoms with E-state index in [-0.39, 0.29) is 12.2 Å². The molecule has 1 aliphatic heterocycles. The largest absolute Gasteiger partial charge is 0.387 e. The number of hydrogen-bond acceptors (Lipinski definition) is 4. The molecular formula is C21H15NO3. The van der Waals surface area contributed by atoms with Crippen molar-refractivity contribution in [3.63, 3.8) is 0 Å².